The summed E-state index contributed by atoms with van der Waals surface area (Å²) < 4.78 is 28.9. The number of ketones is 1. The number of Topliss-reactive ketones (excluding diaryl/α,β-unsaturated/α-hetero) is 1. The minimum atomic E-state index is -3.69. The van der Waals surface area contributed by atoms with Crippen LogP contribution in [0.4, 0.5) is 0 Å². The van der Waals surface area contributed by atoms with Crippen LogP contribution in [0, 0.1) is 12.8 Å². The molecule has 2 rings (SSSR count). The summed E-state index contributed by atoms with van der Waals surface area (Å²) in [6, 6.07) is 6.66. The molecule has 6 heteroatoms. The number of carbonyl (C=O) groups excluding carboxylic acids is 1. The number of carbonyl (C=O) groups is 1. The summed E-state index contributed by atoms with van der Waals surface area (Å²) >= 11 is 0. The van der Waals surface area contributed by atoms with Gasteiger partial charge in [-0.3, -0.25) is 8.42 Å². The molecule has 0 heterocycles. The predicted molar refractivity (Wildman–Crippen MR) is 92.3 cm³/mol. The van der Waals surface area contributed by atoms with Crippen molar-refractivity contribution >= 4 is 26.2 Å². The molecule has 1 N–H and O–H groups in total. The Morgan fingerprint density at radius 1 is 1.14 bits per heavy atom. The molecule has 0 atom stereocenters. The van der Waals surface area contributed by atoms with Gasteiger partial charge >= 0.3 is 10.1 Å². The van der Waals surface area contributed by atoms with Crippen LogP contribution >= 0.6 is 10.3 Å². The molecule has 0 saturated heterocycles. The summed E-state index contributed by atoms with van der Waals surface area (Å²) in [6.45, 7) is 1.91. The topological polar surface area (TPSA) is 64.0 Å². The van der Waals surface area contributed by atoms with Crippen LogP contribution in [0.3, 0.4) is 0 Å². The largest absolute Gasteiger partial charge is 0.421 e. The fourth-order valence-corrected chi connectivity index (χ4v) is 6.85. The van der Waals surface area contributed by atoms with Gasteiger partial charge in [-0.2, -0.15) is 0 Å². The highest BCUT2D eigenvalue weighted by atomic mass is 32.3. The third-order valence-electron chi connectivity index (χ3n) is 3.92. The molecule has 0 aromatic heterocycles. The Labute approximate surface area is 134 Å². The van der Waals surface area contributed by atoms with Gasteiger partial charge in [-0.1, -0.05) is 30.5 Å². The Kier molecular flexibility index (Phi) is 5.35. The van der Waals surface area contributed by atoms with Crippen molar-refractivity contribution in [3.63, 3.8) is 0 Å². The van der Waals surface area contributed by atoms with E-state index in [4.69, 9.17) is 0 Å². The number of hydrogen-bond acceptors (Lipinski definition) is 3. The second kappa shape index (κ2) is 6.72. The Bertz CT molecular complexity index is 627. The first-order chi connectivity index (χ1) is 10.2. The molecule has 0 bridgehead atoms. The smallest absolute Gasteiger partial charge is 0.298 e. The van der Waals surface area contributed by atoms with Crippen molar-refractivity contribution in [3.05, 3.63) is 29.8 Å². The predicted octanol–water partition coefficient (Wildman–Crippen LogP) is 3.52. The summed E-state index contributed by atoms with van der Waals surface area (Å²) in [6.07, 6.45) is 7.69. The van der Waals surface area contributed by atoms with Crippen molar-refractivity contribution in [2.45, 2.75) is 37.5 Å². The van der Waals surface area contributed by atoms with Gasteiger partial charge in [0.1, 0.15) is 4.90 Å². The van der Waals surface area contributed by atoms with E-state index in [0.29, 0.717) is 0 Å². The molecule has 1 aromatic carbocycles. The highest BCUT2D eigenvalue weighted by Crippen LogP contribution is 2.43. The normalized spacial score (nSPS) is 17.6. The molecule has 0 unspecified atom stereocenters. The van der Waals surface area contributed by atoms with E-state index >= 15 is 0 Å². The van der Waals surface area contributed by atoms with Crippen LogP contribution in [0.2, 0.25) is 0 Å². The monoisotopic (exact) mass is 345 g/mol. The molecular weight excluding hydrogens is 320 g/mol. The maximum Gasteiger partial charge on any atom is 0.421 e. The molecule has 0 aliphatic heterocycles. The lowest BCUT2D eigenvalue weighted by atomic mass is 10.0. The van der Waals surface area contributed by atoms with E-state index in [1.54, 1.807) is 36.8 Å². The van der Waals surface area contributed by atoms with E-state index in [0.717, 1.165) is 31.2 Å². The SMILES string of the molecule is Cc1ccc(S(=O)(=O)[OH+]S(C)(C)CC(=O)C2CCCC2)cc1. The quantitative estimate of drug-likeness (QED) is 0.585. The second-order valence-corrected chi connectivity index (χ2v) is 11.7. The molecule has 4 nitrogen and oxygen atoms in total. The highest BCUT2D eigenvalue weighted by Gasteiger charge is 2.34. The number of rotatable bonds is 6. The van der Waals surface area contributed by atoms with E-state index in [2.05, 4.69) is 3.63 Å². The lowest BCUT2D eigenvalue weighted by molar-refractivity contribution is -0.120. The van der Waals surface area contributed by atoms with Crippen LogP contribution < -0.4 is 0 Å². The summed E-state index contributed by atoms with van der Waals surface area (Å²) in [7, 11) is -5.54. The number of aryl methyl sites for hydroxylation is 1. The van der Waals surface area contributed by atoms with Gasteiger partial charge in [-0.05, 0) is 42.2 Å². The van der Waals surface area contributed by atoms with Gasteiger partial charge in [-0.15, -0.1) is 8.42 Å². The minimum absolute atomic E-state index is 0.115. The Balaban J connectivity index is 2.06. The zero-order chi connectivity index (χ0) is 16.4. The van der Waals surface area contributed by atoms with Crippen LogP contribution in [0.5, 0.6) is 0 Å². The average molecular weight is 346 g/mol. The maximum absolute atomic E-state index is 12.4. The second-order valence-electron chi connectivity index (χ2n) is 6.43. The molecule has 1 aliphatic rings. The zero-order valence-electron chi connectivity index (χ0n) is 13.4. The first kappa shape index (κ1) is 17.5. The van der Waals surface area contributed by atoms with E-state index in [1.807, 2.05) is 6.92 Å². The third-order valence-corrected chi connectivity index (χ3v) is 8.18. The standard InChI is InChI=1S/C16H24O4S2/c1-13-8-10-15(11-9-13)22(18,19)20-21(2,3)12-16(17)14-6-4-5-7-14/h8-11,14H,4-7,12H2,1-3H3/p+1. The van der Waals surface area contributed by atoms with Crippen molar-refractivity contribution in [1.82, 2.24) is 0 Å². The first-order valence-electron chi connectivity index (χ1n) is 7.49. The van der Waals surface area contributed by atoms with E-state index in [-0.39, 0.29) is 22.3 Å². The summed E-state index contributed by atoms with van der Waals surface area (Å²) in [4.78, 5) is 12.5. The molecule has 1 saturated carbocycles. The van der Waals surface area contributed by atoms with Crippen molar-refractivity contribution in [1.29, 1.82) is 0 Å². The first-order valence-corrected chi connectivity index (χ1v) is 11.5. The van der Waals surface area contributed by atoms with Gasteiger partial charge in [0, 0.05) is 18.4 Å². The number of hydrogen-bond donors (Lipinski definition) is 0. The van der Waals surface area contributed by atoms with Crippen LogP contribution in [-0.4, -0.2) is 36.1 Å². The minimum Gasteiger partial charge on any atom is -0.298 e. The zero-order valence-corrected chi connectivity index (χ0v) is 15.0. The van der Waals surface area contributed by atoms with Crippen LogP contribution in [0.1, 0.15) is 31.2 Å². The van der Waals surface area contributed by atoms with Crippen LogP contribution in [0.25, 0.3) is 0 Å². The molecule has 0 spiro atoms. The summed E-state index contributed by atoms with van der Waals surface area (Å²) in [5.74, 6) is 0.562. The van der Waals surface area contributed by atoms with E-state index in [9.17, 15) is 13.2 Å². The Morgan fingerprint density at radius 2 is 1.68 bits per heavy atom. The number of benzene rings is 1. The molecule has 124 valence electrons. The fourth-order valence-electron chi connectivity index (χ4n) is 2.76. The summed E-state index contributed by atoms with van der Waals surface area (Å²) in [5, 5.41) is 0. The van der Waals surface area contributed by atoms with E-state index < -0.39 is 20.4 Å². The lowest BCUT2D eigenvalue weighted by Gasteiger charge is -2.25. The molecule has 22 heavy (non-hydrogen) atoms. The van der Waals surface area contributed by atoms with E-state index in [1.165, 1.54) is 0 Å². The summed E-state index contributed by atoms with van der Waals surface area (Å²) in [5.41, 5.74) is 1.00. The van der Waals surface area contributed by atoms with Crippen molar-refractivity contribution in [2.24, 2.45) is 5.92 Å². The van der Waals surface area contributed by atoms with Gasteiger partial charge in [0.05, 0.1) is 5.75 Å². The molecule has 1 aliphatic carbocycles. The molecule has 0 amide bonds. The van der Waals surface area contributed by atoms with Crippen LogP contribution in [-0.2, 0) is 14.9 Å². The van der Waals surface area contributed by atoms with Gasteiger partial charge < -0.3 is 0 Å². The van der Waals surface area contributed by atoms with Crippen molar-refractivity contribution in [2.75, 3.05) is 18.3 Å². The lowest BCUT2D eigenvalue weighted by Crippen LogP contribution is -2.25. The van der Waals surface area contributed by atoms with Crippen molar-refractivity contribution < 1.29 is 16.8 Å². The molecule has 1 fully saturated rings. The molecular formula is C16H25O4S2+. The van der Waals surface area contributed by atoms with Gasteiger partial charge in [-0.25, -0.2) is 0 Å². The third kappa shape index (κ3) is 4.57. The Hall–Kier alpha value is -0.850. The highest BCUT2D eigenvalue weighted by molar-refractivity contribution is 8.31. The van der Waals surface area contributed by atoms with Gasteiger partial charge in [0.2, 0.25) is 0 Å². The average Bonchev–Trinajstić information content (AvgIpc) is 2.91. The van der Waals surface area contributed by atoms with Gasteiger partial charge in [0.25, 0.3) is 0 Å². The fraction of sp³-hybridized carbons (Fsp3) is 0.562. The Morgan fingerprint density at radius 3 is 2.23 bits per heavy atom. The van der Waals surface area contributed by atoms with Crippen LogP contribution in [0.15, 0.2) is 29.2 Å². The van der Waals surface area contributed by atoms with Gasteiger partial charge in [0.15, 0.2) is 5.78 Å². The maximum atomic E-state index is 12.4. The van der Waals surface area contributed by atoms with Crippen molar-refractivity contribution in [3.8, 4) is 0 Å². The molecule has 0 radical (unpaired) electrons. The molecule has 1 aromatic rings.